The number of nitrogens with zero attached hydrogens (tertiary/aromatic N) is 3. The summed E-state index contributed by atoms with van der Waals surface area (Å²) in [5.74, 6) is -1.55. The minimum absolute atomic E-state index is 0.0428. The summed E-state index contributed by atoms with van der Waals surface area (Å²) in [5.41, 5.74) is -0.738. The third-order valence-electron chi connectivity index (χ3n) is 3.66. The van der Waals surface area contributed by atoms with Crippen LogP contribution in [0.1, 0.15) is 11.1 Å². The van der Waals surface area contributed by atoms with E-state index in [2.05, 4.69) is 4.99 Å². The predicted octanol–water partition coefficient (Wildman–Crippen LogP) is 3.11. The number of hydrogen-bond acceptors (Lipinski definition) is 4. The first kappa shape index (κ1) is 19.1. The van der Waals surface area contributed by atoms with Gasteiger partial charge >= 0.3 is 12.1 Å². The number of benzene rings is 2. The number of aliphatic carboxylic acids is 1. The Morgan fingerprint density at radius 2 is 2.00 bits per heavy atom. The van der Waals surface area contributed by atoms with Gasteiger partial charge in [0.1, 0.15) is 23.7 Å². The lowest BCUT2D eigenvalue weighted by Gasteiger charge is -2.21. The summed E-state index contributed by atoms with van der Waals surface area (Å²) >= 11 is 0. The van der Waals surface area contributed by atoms with Crippen LogP contribution in [0.3, 0.4) is 0 Å². The van der Waals surface area contributed by atoms with Crippen LogP contribution >= 0.6 is 0 Å². The molecule has 9 heteroatoms. The van der Waals surface area contributed by atoms with Gasteiger partial charge in [0, 0.05) is 12.6 Å². The summed E-state index contributed by atoms with van der Waals surface area (Å²) in [6.07, 6.45) is -3.10. The highest BCUT2D eigenvalue weighted by atomic mass is 19.4. The second kappa shape index (κ2) is 7.31. The minimum Gasteiger partial charge on any atom is -0.496 e. The SMILES string of the molecule is COc1ccc2c(/C(=N\C#N)N(C)CC(=O)O)cccc2c1C(F)(F)F. The number of aliphatic imine (C=N–C) groups is 1. The zero-order valence-corrected chi connectivity index (χ0v) is 13.8. The Labute approximate surface area is 146 Å². The second-order valence-corrected chi connectivity index (χ2v) is 5.33. The van der Waals surface area contributed by atoms with Crippen LogP contribution in [-0.4, -0.2) is 42.5 Å². The summed E-state index contributed by atoms with van der Waals surface area (Å²) in [4.78, 5) is 15.7. The molecule has 0 fully saturated rings. The highest BCUT2D eigenvalue weighted by molar-refractivity contribution is 6.11. The standard InChI is InChI=1S/C17H14F3N3O3/c1-23(8-14(24)25)16(22-9-21)12-5-3-4-11-10(12)6-7-13(26-2)15(11)17(18,19)20/h3-7H,8H2,1-2H3,(H,24,25)/b22-16+. The number of carbonyl (C=O) groups is 1. The van der Waals surface area contributed by atoms with Crippen molar-refractivity contribution in [3.05, 3.63) is 41.5 Å². The van der Waals surface area contributed by atoms with Crippen molar-refractivity contribution in [2.24, 2.45) is 4.99 Å². The number of hydrogen-bond donors (Lipinski definition) is 1. The van der Waals surface area contributed by atoms with Gasteiger partial charge in [0.2, 0.25) is 6.19 Å². The number of nitriles is 1. The summed E-state index contributed by atoms with van der Waals surface area (Å²) in [6.45, 7) is -0.473. The van der Waals surface area contributed by atoms with Crippen LogP contribution in [0.15, 0.2) is 35.3 Å². The molecule has 0 aliphatic rings. The van der Waals surface area contributed by atoms with Crippen LogP contribution < -0.4 is 4.74 Å². The van der Waals surface area contributed by atoms with Crippen molar-refractivity contribution in [3.63, 3.8) is 0 Å². The molecule has 0 bridgehead atoms. The maximum atomic E-state index is 13.5. The molecule has 1 N–H and O–H groups in total. The highest BCUT2D eigenvalue weighted by Crippen LogP contribution is 2.41. The van der Waals surface area contributed by atoms with E-state index in [0.29, 0.717) is 0 Å². The topological polar surface area (TPSA) is 85.9 Å². The first-order valence-electron chi connectivity index (χ1n) is 7.27. The van der Waals surface area contributed by atoms with E-state index in [1.165, 1.54) is 42.3 Å². The molecule has 0 atom stereocenters. The normalized spacial score (nSPS) is 11.9. The van der Waals surface area contributed by atoms with E-state index in [9.17, 15) is 18.0 Å². The predicted molar refractivity (Wildman–Crippen MR) is 87.9 cm³/mol. The molecule has 0 saturated carbocycles. The van der Waals surface area contributed by atoms with Gasteiger partial charge < -0.3 is 14.7 Å². The van der Waals surface area contributed by atoms with E-state index >= 15 is 0 Å². The molecule has 0 saturated heterocycles. The Morgan fingerprint density at radius 3 is 2.54 bits per heavy atom. The summed E-state index contributed by atoms with van der Waals surface area (Å²) in [6, 6.07) is 6.73. The van der Waals surface area contributed by atoms with Crippen molar-refractivity contribution in [1.82, 2.24) is 4.90 Å². The lowest BCUT2D eigenvalue weighted by atomic mass is 9.98. The van der Waals surface area contributed by atoms with E-state index in [1.54, 1.807) is 6.19 Å². The Balaban J connectivity index is 2.79. The van der Waals surface area contributed by atoms with E-state index < -0.39 is 24.3 Å². The van der Waals surface area contributed by atoms with E-state index in [4.69, 9.17) is 15.1 Å². The van der Waals surface area contributed by atoms with Crippen molar-refractivity contribution >= 4 is 22.6 Å². The molecule has 0 radical (unpaired) electrons. The van der Waals surface area contributed by atoms with E-state index in [-0.39, 0.29) is 27.9 Å². The summed E-state index contributed by atoms with van der Waals surface area (Å²) in [5, 5.41) is 17.9. The lowest BCUT2D eigenvalue weighted by Crippen LogP contribution is -2.32. The average Bonchev–Trinajstić information content (AvgIpc) is 2.56. The third-order valence-corrected chi connectivity index (χ3v) is 3.66. The first-order valence-corrected chi connectivity index (χ1v) is 7.27. The second-order valence-electron chi connectivity index (χ2n) is 5.33. The molecule has 0 heterocycles. The Morgan fingerprint density at radius 1 is 1.31 bits per heavy atom. The third kappa shape index (κ3) is 3.69. The molecule has 2 aromatic rings. The first-order chi connectivity index (χ1) is 12.2. The Kier molecular flexibility index (Phi) is 5.35. The van der Waals surface area contributed by atoms with Gasteiger partial charge in [-0.25, -0.2) is 0 Å². The molecular formula is C17H14F3N3O3. The highest BCUT2D eigenvalue weighted by Gasteiger charge is 2.36. The lowest BCUT2D eigenvalue weighted by molar-refractivity contribution is -0.138. The Hall–Kier alpha value is -3.28. The molecule has 0 aromatic heterocycles. The van der Waals surface area contributed by atoms with Crippen LogP contribution in [0.25, 0.3) is 10.8 Å². The zero-order chi connectivity index (χ0) is 19.5. The Bertz CT molecular complexity index is 917. The number of ether oxygens (including phenoxy) is 1. The van der Waals surface area contributed by atoms with Crippen LogP contribution in [0.5, 0.6) is 5.75 Å². The van der Waals surface area contributed by atoms with E-state index in [1.807, 2.05) is 0 Å². The summed E-state index contributed by atoms with van der Waals surface area (Å²) in [7, 11) is 2.53. The molecule has 0 unspecified atom stereocenters. The van der Waals surface area contributed by atoms with Crippen molar-refractivity contribution in [1.29, 1.82) is 5.26 Å². The zero-order valence-electron chi connectivity index (χ0n) is 13.8. The maximum Gasteiger partial charge on any atom is 0.420 e. The van der Waals surface area contributed by atoms with Gasteiger partial charge in [0.15, 0.2) is 0 Å². The molecule has 0 amide bonds. The molecule has 2 rings (SSSR count). The number of carboxylic acid groups (broad SMARTS) is 1. The van der Waals surface area contributed by atoms with Gasteiger partial charge in [0.05, 0.1) is 7.11 Å². The van der Waals surface area contributed by atoms with Crippen molar-refractivity contribution in [2.75, 3.05) is 20.7 Å². The van der Waals surface area contributed by atoms with Gasteiger partial charge in [-0.1, -0.05) is 18.2 Å². The molecule has 0 aliphatic heterocycles. The van der Waals surface area contributed by atoms with Gasteiger partial charge in [-0.15, -0.1) is 0 Å². The number of rotatable bonds is 4. The molecule has 0 aliphatic carbocycles. The van der Waals surface area contributed by atoms with Crippen LogP contribution in [0, 0.1) is 11.5 Å². The number of methoxy groups -OCH3 is 1. The number of likely N-dealkylation sites (N-methyl/N-ethyl adjacent to an activating group) is 1. The molecule has 26 heavy (non-hydrogen) atoms. The van der Waals surface area contributed by atoms with Gasteiger partial charge in [-0.3, -0.25) is 4.79 Å². The summed E-state index contributed by atoms with van der Waals surface area (Å²) < 4.78 is 45.4. The number of carboxylic acids is 1. The molecule has 6 nitrogen and oxygen atoms in total. The van der Waals surface area contributed by atoms with Crippen LogP contribution in [0.4, 0.5) is 13.2 Å². The number of amidine groups is 1. The van der Waals surface area contributed by atoms with Gasteiger partial charge in [-0.05, 0) is 22.9 Å². The van der Waals surface area contributed by atoms with Gasteiger partial charge in [0.25, 0.3) is 0 Å². The largest absolute Gasteiger partial charge is 0.496 e. The monoisotopic (exact) mass is 365 g/mol. The van der Waals surface area contributed by atoms with Crippen LogP contribution in [-0.2, 0) is 11.0 Å². The molecular weight excluding hydrogens is 351 g/mol. The fraction of sp³-hybridized carbons (Fsp3) is 0.235. The molecule has 2 aromatic carbocycles. The quantitative estimate of drug-likeness (QED) is 0.511. The van der Waals surface area contributed by atoms with Gasteiger partial charge in [-0.2, -0.15) is 23.4 Å². The average molecular weight is 365 g/mol. The minimum atomic E-state index is -4.66. The number of alkyl halides is 3. The molecule has 0 spiro atoms. The fourth-order valence-electron chi connectivity index (χ4n) is 2.67. The fourth-order valence-corrected chi connectivity index (χ4v) is 2.67. The van der Waals surface area contributed by atoms with Crippen molar-refractivity contribution in [2.45, 2.75) is 6.18 Å². The van der Waals surface area contributed by atoms with Crippen molar-refractivity contribution in [3.8, 4) is 11.9 Å². The maximum absolute atomic E-state index is 13.5. The number of fused-ring (bicyclic) bond motifs is 1. The smallest absolute Gasteiger partial charge is 0.420 e. The van der Waals surface area contributed by atoms with E-state index in [0.717, 1.165) is 7.11 Å². The molecule has 136 valence electrons. The van der Waals surface area contributed by atoms with Crippen molar-refractivity contribution < 1.29 is 27.8 Å². The number of halogens is 3. The van der Waals surface area contributed by atoms with Crippen LogP contribution in [0.2, 0.25) is 0 Å².